The number of carbonyl (C=O) groups is 1. The van der Waals surface area contributed by atoms with E-state index in [0.29, 0.717) is 5.56 Å². The Hall–Kier alpha value is -2.21. The largest absolute Gasteiger partial charge is 0.361 e. The minimum atomic E-state index is -0.637. The minimum Gasteiger partial charge on any atom is -0.361 e. The molecule has 0 radical (unpaired) electrons. The van der Waals surface area contributed by atoms with E-state index in [9.17, 15) is 4.79 Å². The third-order valence-electron chi connectivity index (χ3n) is 2.60. The highest BCUT2D eigenvalue weighted by Gasteiger charge is 2.18. The molecule has 3 nitrogen and oxygen atoms in total. The third kappa shape index (κ3) is 2.31. The van der Waals surface area contributed by atoms with Crippen molar-refractivity contribution in [2.75, 3.05) is 0 Å². The maximum atomic E-state index is 12.0. The second kappa shape index (κ2) is 3.99. The van der Waals surface area contributed by atoms with Crippen molar-refractivity contribution in [2.24, 2.45) is 0 Å². The minimum absolute atomic E-state index is 0.163. The standard InChI is InChI=1S/C14H14N2O/c1-4-14(2,3)16-13(17)11-6-5-10-7-8-15-12(10)9-11/h1,5-9,15H,2-3H3,(H,16,17). The van der Waals surface area contributed by atoms with Crippen LogP contribution in [0.4, 0.5) is 0 Å². The molecule has 0 aliphatic heterocycles. The van der Waals surface area contributed by atoms with Gasteiger partial charge in [0, 0.05) is 17.3 Å². The van der Waals surface area contributed by atoms with Crippen molar-refractivity contribution in [1.29, 1.82) is 0 Å². The average molecular weight is 226 g/mol. The van der Waals surface area contributed by atoms with Crippen LogP contribution in [0.3, 0.4) is 0 Å². The fourth-order valence-corrected chi connectivity index (χ4v) is 1.58. The highest BCUT2D eigenvalue weighted by molar-refractivity contribution is 5.98. The highest BCUT2D eigenvalue weighted by Crippen LogP contribution is 2.14. The monoisotopic (exact) mass is 226 g/mol. The van der Waals surface area contributed by atoms with E-state index in [1.807, 2.05) is 24.4 Å². The van der Waals surface area contributed by atoms with E-state index < -0.39 is 5.54 Å². The van der Waals surface area contributed by atoms with Crippen LogP contribution in [0.5, 0.6) is 0 Å². The van der Waals surface area contributed by atoms with E-state index in [1.165, 1.54) is 0 Å². The molecule has 1 aromatic heterocycles. The molecule has 0 bridgehead atoms. The predicted molar refractivity (Wildman–Crippen MR) is 68.7 cm³/mol. The van der Waals surface area contributed by atoms with Gasteiger partial charge in [-0.2, -0.15) is 0 Å². The summed E-state index contributed by atoms with van der Waals surface area (Å²) in [5.74, 6) is 2.37. The topological polar surface area (TPSA) is 44.9 Å². The summed E-state index contributed by atoms with van der Waals surface area (Å²) < 4.78 is 0. The number of carbonyl (C=O) groups excluding carboxylic acids is 1. The van der Waals surface area contributed by atoms with Crippen LogP contribution < -0.4 is 5.32 Å². The molecule has 0 aliphatic rings. The number of rotatable bonds is 2. The molecule has 2 N–H and O–H groups in total. The Morgan fingerprint density at radius 2 is 2.18 bits per heavy atom. The van der Waals surface area contributed by atoms with Gasteiger partial charge >= 0.3 is 0 Å². The Labute approximate surface area is 100 Å². The summed E-state index contributed by atoms with van der Waals surface area (Å²) in [5, 5.41) is 3.87. The van der Waals surface area contributed by atoms with Gasteiger partial charge in [-0.3, -0.25) is 4.79 Å². The summed E-state index contributed by atoms with van der Waals surface area (Å²) in [5.41, 5.74) is 0.904. The lowest BCUT2D eigenvalue weighted by Gasteiger charge is -2.19. The molecule has 17 heavy (non-hydrogen) atoms. The van der Waals surface area contributed by atoms with Crippen LogP contribution in [0, 0.1) is 12.3 Å². The highest BCUT2D eigenvalue weighted by atomic mass is 16.1. The Balaban J connectivity index is 2.28. The molecular weight excluding hydrogens is 212 g/mol. The van der Waals surface area contributed by atoms with Crippen molar-refractivity contribution in [1.82, 2.24) is 10.3 Å². The van der Waals surface area contributed by atoms with Crippen molar-refractivity contribution in [2.45, 2.75) is 19.4 Å². The zero-order valence-electron chi connectivity index (χ0n) is 9.87. The lowest BCUT2D eigenvalue weighted by atomic mass is 10.1. The molecule has 0 saturated carbocycles. The fraction of sp³-hybridized carbons (Fsp3) is 0.214. The lowest BCUT2D eigenvalue weighted by molar-refractivity contribution is 0.0930. The number of aromatic amines is 1. The number of fused-ring (bicyclic) bond motifs is 1. The summed E-state index contributed by atoms with van der Waals surface area (Å²) >= 11 is 0. The van der Waals surface area contributed by atoms with E-state index in [-0.39, 0.29) is 5.91 Å². The second-order valence-corrected chi connectivity index (χ2v) is 4.50. The number of hydrogen-bond donors (Lipinski definition) is 2. The number of terminal acetylenes is 1. The van der Waals surface area contributed by atoms with Gasteiger partial charge in [-0.15, -0.1) is 6.42 Å². The van der Waals surface area contributed by atoms with Crippen molar-refractivity contribution >= 4 is 16.8 Å². The predicted octanol–water partition coefficient (Wildman–Crippen LogP) is 2.31. The number of H-pyrrole nitrogens is 1. The first-order valence-electron chi connectivity index (χ1n) is 5.39. The van der Waals surface area contributed by atoms with Gasteiger partial charge in [0.1, 0.15) is 0 Å². The summed E-state index contributed by atoms with van der Waals surface area (Å²) in [4.78, 5) is 15.0. The first-order chi connectivity index (χ1) is 8.02. The third-order valence-corrected chi connectivity index (χ3v) is 2.60. The van der Waals surface area contributed by atoms with E-state index in [0.717, 1.165) is 10.9 Å². The zero-order chi connectivity index (χ0) is 12.5. The molecule has 0 atom stereocenters. The molecule has 0 saturated heterocycles. The van der Waals surface area contributed by atoms with Crippen LogP contribution in [-0.4, -0.2) is 16.4 Å². The van der Waals surface area contributed by atoms with Gasteiger partial charge in [-0.25, -0.2) is 0 Å². The number of benzene rings is 1. The fourth-order valence-electron chi connectivity index (χ4n) is 1.58. The molecule has 0 aliphatic carbocycles. The number of aromatic nitrogens is 1. The van der Waals surface area contributed by atoms with Crippen LogP contribution in [0.1, 0.15) is 24.2 Å². The number of nitrogens with one attached hydrogen (secondary N) is 2. The molecule has 1 amide bonds. The molecule has 2 rings (SSSR count). The molecule has 0 unspecified atom stereocenters. The molecule has 1 aromatic carbocycles. The molecule has 0 spiro atoms. The van der Waals surface area contributed by atoms with E-state index in [2.05, 4.69) is 16.2 Å². The van der Waals surface area contributed by atoms with Gasteiger partial charge in [0.15, 0.2) is 0 Å². The van der Waals surface area contributed by atoms with Crippen molar-refractivity contribution in [3.8, 4) is 12.3 Å². The van der Waals surface area contributed by atoms with Gasteiger partial charge in [0.05, 0.1) is 5.54 Å². The normalized spacial score (nSPS) is 11.1. The van der Waals surface area contributed by atoms with E-state index in [4.69, 9.17) is 6.42 Å². The van der Waals surface area contributed by atoms with Crippen molar-refractivity contribution in [3.05, 3.63) is 36.0 Å². The Morgan fingerprint density at radius 3 is 2.88 bits per heavy atom. The summed E-state index contributed by atoms with van der Waals surface area (Å²) in [6.07, 6.45) is 7.18. The smallest absolute Gasteiger partial charge is 0.252 e. The van der Waals surface area contributed by atoms with E-state index >= 15 is 0 Å². The lowest BCUT2D eigenvalue weighted by Crippen LogP contribution is -2.42. The van der Waals surface area contributed by atoms with Gasteiger partial charge in [0.2, 0.25) is 0 Å². The first-order valence-corrected chi connectivity index (χ1v) is 5.39. The molecule has 3 heteroatoms. The molecule has 1 heterocycles. The molecule has 86 valence electrons. The van der Waals surface area contributed by atoms with Crippen LogP contribution in [0.15, 0.2) is 30.5 Å². The first kappa shape index (κ1) is 11.3. The van der Waals surface area contributed by atoms with Gasteiger partial charge in [0.25, 0.3) is 5.91 Å². The van der Waals surface area contributed by atoms with Crippen molar-refractivity contribution in [3.63, 3.8) is 0 Å². The Morgan fingerprint density at radius 1 is 1.41 bits per heavy atom. The van der Waals surface area contributed by atoms with Gasteiger partial charge in [-0.1, -0.05) is 12.0 Å². The zero-order valence-corrected chi connectivity index (χ0v) is 9.87. The van der Waals surface area contributed by atoms with Crippen LogP contribution in [0.2, 0.25) is 0 Å². The molecule has 0 fully saturated rings. The van der Waals surface area contributed by atoms with Gasteiger partial charge in [-0.05, 0) is 37.4 Å². The van der Waals surface area contributed by atoms with E-state index in [1.54, 1.807) is 19.9 Å². The van der Waals surface area contributed by atoms with Crippen LogP contribution in [-0.2, 0) is 0 Å². The quantitative estimate of drug-likeness (QED) is 0.758. The Kier molecular flexibility index (Phi) is 2.64. The summed E-state index contributed by atoms with van der Waals surface area (Å²) in [7, 11) is 0. The summed E-state index contributed by atoms with van der Waals surface area (Å²) in [6, 6.07) is 7.47. The average Bonchev–Trinajstić information content (AvgIpc) is 2.75. The molecular formula is C14H14N2O. The number of amides is 1. The SMILES string of the molecule is C#CC(C)(C)NC(=O)c1ccc2cc[nH]c2c1. The van der Waals surface area contributed by atoms with Crippen LogP contribution >= 0.6 is 0 Å². The maximum Gasteiger partial charge on any atom is 0.252 e. The Bertz CT molecular complexity index is 602. The number of hydrogen-bond acceptors (Lipinski definition) is 1. The van der Waals surface area contributed by atoms with Crippen LogP contribution in [0.25, 0.3) is 10.9 Å². The second-order valence-electron chi connectivity index (χ2n) is 4.50. The maximum absolute atomic E-state index is 12.0. The molecule has 2 aromatic rings. The van der Waals surface area contributed by atoms with Crippen molar-refractivity contribution < 1.29 is 4.79 Å². The summed E-state index contributed by atoms with van der Waals surface area (Å²) in [6.45, 7) is 3.58. The van der Waals surface area contributed by atoms with Gasteiger partial charge < -0.3 is 10.3 Å².